The minimum absolute atomic E-state index is 0.248. The van der Waals surface area contributed by atoms with Crippen LogP contribution < -0.4 is 5.73 Å². The van der Waals surface area contributed by atoms with Crippen molar-refractivity contribution in [1.29, 1.82) is 0 Å². The summed E-state index contributed by atoms with van der Waals surface area (Å²) in [7, 11) is 0. The zero-order valence-electron chi connectivity index (χ0n) is 18.0. The van der Waals surface area contributed by atoms with Crippen molar-refractivity contribution in [3.8, 4) is 5.75 Å². The molecular formula is C24H33NO3. The van der Waals surface area contributed by atoms with E-state index in [1.54, 1.807) is 0 Å². The summed E-state index contributed by atoms with van der Waals surface area (Å²) in [6, 6.07) is 12.7. The van der Waals surface area contributed by atoms with Crippen LogP contribution in [0.1, 0.15) is 69.7 Å². The maximum Gasteiger partial charge on any atom is 0.324 e. The molecule has 0 amide bonds. The van der Waals surface area contributed by atoms with Crippen molar-refractivity contribution >= 4 is 5.97 Å². The summed E-state index contributed by atoms with van der Waals surface area (Å²) >= 11 is 0. The molecule has 2 unspecified atom stereocenters. The third kappa shape index (κ3) is 5.14. The molecule has 0 radical (unpaired) electrons. The van der Waals surface area contributed by atoms with Gasteiger partial charge in [0.2, 0.25) is 0 Å². The highest BCUT2D eigenvalue weighted by molar-refractivity contribution is 5.78. The molecule has 4 nitrogen and oxygen atoms in total. The van der Waals surface area contributed by atoms with E-state index in [4.69, 9.17) is 10.5 Å². The smallest absolute Gasteiger partial charge is 0.324 e. The van der Waals surface area contributed by atoms with Crippen LogP contribution in [0.15, 0.2) is 42.5 Å². The predicted molar refractivity (Wildman–Crippen MR) is 114 cm³/mol. The van der Waals surface area contributed by atoms with Gasteiger partial charge in [-0.2, -0.15) is 0 Å². The van der Waals surface area contributed by atoms with Crippen LogP contribution >= 0.6 is 0 Å². The first-order valence-electron chi connectivity index (χ1n) is 9.68. The molecule has 0 saturated carbocycles. The summed E-state index contributed by atoms with van der Waals surface area (Å²) < 4.78 is 5.56. The molecule has 0 bridgehead atoms. The molecule has 28 heavy (non-hydrogen) atoms. The summed E-state index contributed by atoms with van der Waals surface area (Å²) in [5, 5.41) is 10.6. The average Bonchev–Trinajstić information content (AvgIpc) is 2.56. The normalized spacial score (nSPS) is 14.4. The lowest BCUT2D eigenvalue weighted by molar-refractivity contribution is -0.156. The van der Waals surface area contributed by atoms with Crippen LogP contribution in [0.5, 0.6) is 5.75 Å². The Hall–Kier alpha value is -2.33. The summed E-state index contributed by atoms with van der Waals surface area (Å²) in [6.45, 7) is 13.5. The molecule has 4 heteroatoms. The summed E-state index contributed by atoms with van der Waals surface area (Å²) in [5.41, 5.74) is 9.01. The molecule has 2 atom stereocenters. The molecule has 2 aromatic rings. The van der Waals surface area contributed by atoms with Gasteiger partial charge in [-0.15, -0.1) is 0 Å². The van der Waals surface area contributed by atoms with E-state index >= 15 is 0 Å². The molecule has 2 rings (SSSR count). The first kappa shape index (κ1) is 22.0. The maximum absolute atomic E-state index is 12.8. The standard InChI is InChI=1S/C24H33NO3/c1-15-13-17(14-18(21(15)26)23(2,3)4)19(16-11-9-8-10-12-16)20(25)22(27)28-24(5,6)7/h8-14,19-20,26H,25H2,1-7H3. The van der Waals surface area contributed by atoms with Gasteiger partial charge in [0.05, 0.1) is 0 Å². The van der Waals surface area contributed by atoms with Crippen LogP contribution in [0.4, 0.5) is 0 Å². The molecule has 2 aromatic carbocycles. The molecule has 0 spiro atoms. The predicted octanol–water partition coefficient (Wildman–Crippen LogP) is 4.80. The Kier molecular flexibility index (Phi) is 6.24. The minimum Gasteiger partial charge on any atom is -0.507 e. The number of phenolic OH excluding ortho intramolecular Hbond substituents is 1. The highest BCUT2D eigenvalue weighted by atomic mass is 16.6. The number of hydrogen-bond acceptors (Lipinski definition) is 4. The number of rotatable bonds is 4. The van der Waals surface area contributed by atoms with E-state index in [0.29, 0.717) is 0 Å². The second kappa shape index (κ2) is 7.96. The molecular weight excluding hydrogens is 350 g/mol. The van der Waals surface area contributed by atoms with Crippen LogP contribution in [0.25, 0.3) is 0 Å². The van der Waals surface area contributed by atoms with Crippen molar-refractivity contribution in [2.24, 2.45) is 5.73 Å². The second-order valence-electron chi connectivity index (χ2n) is 9.43. The van der Waals surface area contributed by atoms with Gasteiger partial charge in [-0.1, -0.05) is 63.2 Å². The lowest BCUT2D eigenvalue weighted by Gasteiger charge is -2.29. The van der Waals surface area contributed by atoms with E-state index in [1.807, 2.05) is 70.2 Å². The third-order valence-electron chi connectivity index (χ3n) is 4.69. The Morgan fingerprint density at radius 2 is 1.57 bits per heavy atom. The molecule has 0 aliphatic heterocycles. The van der Waals surface area contributed by atoms with Crippen molar-refractivity contribution in [2.45, 2.75) is 71.4 Å². The van der Waals surface area contributed by atoms with Crippen molar-refractivity contribution < 1.29 is 14.6 Å². The van der Waals surface area contributed by atoms with Crippen molar-refractivity contribution in [1.82, 2.24) is 0 Å². The number of ether oxygens (including phenoxy) is 1. The summed E-state index contributed by atoms with van der Waals surface area (Å²) in [4.78, 5) is 12.8. The molecule has 0 fully saturated rings. The monoisotopic (exact) mass is 383 g/mol. The fourth-order valence-corrected chi connectivity index (χ4v) is 3.33. The Labute approximate surface area is 168 Å². The third-order valence-corrected chi connectivity index (χ3v) is 4.69. The largest absolute Gasteiger partial charge is 0.507 e. The number of nitrogens with two attached hydrogens (primary N) is 1. The lowest BCUT2D eigenvalue weighted by Crippen LogP contribution is -2.42. The first-order valence-corrected chi connectivity index (χ1v) is 9.68. The number of carbonyl (C=O) groups is 1. The summed E-state index contributed by atoms with van der Waals surface area (Å²) in [6.07, 6.45) is 0. The fourth-order valence-electron chi connectivity index (χ4n) is 3.33. The van der Waals surface area contributed by atoms with E-state index < -0.39 is 17.6 Å². The second-order valence-corrected chi connectivity index (χ2v) is 9.43. The highest BCUT2D eigenvalue weighted by Gasteiger charge is 2.33. The lowest BCUT2D eigenvalue weighted by atomic mass is 9.79. The zero-order valence-corrected chi connectivity index (χ0v) is 18.0. The van der Waals surface area contributed by atoms with Crippen molar-refractivity contribution in [3.05, 3.63) is 64.7 Å². The van der Waals surface area contributed by atoms with Crippen molar-refractivity contribution in [2.75, 3.05) is 0 Å². The molecule has 3 N–H and O–H groups in total. The highest BCUT2D eigenvalue weighted by Crippen LogP contribution is 2.38. The van der Waals surface area contributed by atoms with Crippen LogP contribution in [0.3, 0.4) is 0 Å². The molecule has 152 valence electrons. The quantitative estimate of drug-likeness (QED) is 0.744. The van der Waals surface area contributed by atoms with Crippen LogP contribution in [-0.2, 0) is 14.9 Å². The van der Waals surface area contributed by atoms with E-state index in [0.717, 1.165) is 22.3 Å². The minimum atomic E-state index is -0.863. The number of hydrogen-bond donors (Lipinski definition) is 2. The number of aryl methyl sites for hydroxylation is 1. The van der Waals surface area contributed by atoms with Crippen molar-refractivity contribution in [3.63, 3.8) is 0 Å². The molecule has 0 aliphatic rings. The Balaban J connectivity index is 2.61. The number of esters is 1. The van der Waals surface area contributed by atoms with Crippen LogP contribution in [-0.4, -0.2) is 22.7 Å². The Morgan fingerprint density at radius 3 is 2.07 bits per heavy atom. The van der Waals surface area contributed by atoms with E-state index in [-0.39, 0.29) is 17.1 Å². The number of carbonyl (C=O) groups excluding carboxylic acids is 1. The van der Waals surface area contributed by atoms with Gasteiger partial charge in [-0.05, 0) is 55.4 Å². The number of benzene rings is 2. The maximum atomic E-state index is 12.8. The van der Waals surface area contributed by atoms with Gasteiger partial charge in [0.25, 0.3) is 0 Å². The molecule has 0 aliphatic carbocycles. The Bertz CT molecular complexity index is 829. The number of phenols is 1. The average molecular weight is 384 g/mol. The van der Waals surface area contributed by atoms with Crippen LogP contribution in [0.2, 0.25) is 0 Å². The summed E-state index contributed by atoms with van der Waals surface area (Å²) in [5.74, 6) is -0.533. The van der Waals surface area contributed by atoms with Gasteiger partial charge >= 0.3 is 5.97 Å². The zero-order chi connectivity index (χ0) is 21.3. The van der Waals surface area contributed by atoms with E-state index in [1.165, 1.54) is 0 Å². The van der Waals surface area contributed by atoms with Gasteiger partial charge in [-0.3, -0.25) is 4.79 Å². The van der Waals surface area contributed by atoms with Crippen LogP contribution in [0, 0.1) is 6.92 Å². The number of aromatic hydroxyl groups is 1. The Morgan fingerprint density at radius 1 is 1.00 bits per heavy atom. The first-order chi connectivity index (χ1) is 12.8. The van der Waals surface area contributed by atoms with Gasteiger partial charge in [0, 0.05) is 5.92 Å². The molecule has 0 heterocycles. The van der Waals surface area contributed by atoms with E-state index in [9.17, 15) is 9.90 Å². The van der Waals surface area contributed by atoms with E-state index in [2.05, 4.69) is 20.8 Å². The van der Waals surface area contributed by atoms with Gasteiger partial charge in [0.1, 0.15) is 17.4 Å². The van der Waals surface area contributed by atoms with Gasteiger partial charge in [0.15, 0.2) is 0 Å². The topological polar surface area (TPSA) is 72.6 Å². The SMILES string of the molecule is Cc1cc(C(c2ccccc2)C(N)C(=O)OC(C)(C)C)cc(C(C)(C)C)c1O. The fraction of sp³-hybridized carbons (Fsp3) is 0.458. The van der Waals surface area contributed by atoms with Gasteiger partial charge in [-0.25, -0.2) is 0 Å². The molecule has 0 saturated heterocycles. The van der Waals surface area contributed by atoms with Gasteiger partial charge < -0.3 is 15.6 Å². The molecule has 0 aromatic heterocycles.